The average Bonchev–Trinajstić information content (AvgIpc) is 2.32. The monoisotopic (exact) mass is 276 g/mol. The van der Waals surface area contributed by atoms with Crippen LogP contribution >= 0.6 is 0 Å². The Hall–Kier alpha value is 0.0613. The normalized spacial score (nSPS) is 9.24. The zero-order chi connectivity index (χ0) is 13.3. The molecule has 0 radical (unpaired) electrons. The fraction of sp³-hybridized carbons (Fsp3) is 0. The summed E-state index contributed by atoms with van der Waals surface area (Å²) in [7, 11) is -2.51. The number of halogens is 3. The Morgan fingerprint density at radius 1 is 1.12 bits per heavy atom. The molecule has 0 spiro atoms. The van der Waals surface area contributed by atoms with Gasteiger partial charge in [0, 0.05) is 0 Å². The quantitative estimate of drug-likeness (QED) is 0.826. The van der Waals surface area contributed by atoms with Gasteiger partial charge in [0.25, 0.3) is 0 Å². The molecule has 0 amide bonds. The predicted octanol–water partition coefficient (Wildman–Crippen LogP) is 0.853. The van der Waals surface area contributed by atoms with Gasteiger partial charge in [0.2, 0.25) is 0 Å². The molecule has 0 bridgehead atoms. The third kappa shape index (κ3) is 7.89. The third-order valence-corrected chi connectivity index (χ3v) is 2.56. The summed E-state index contributed by atoms with van der Waals surface area (Å²) in [6.07, 6.45) is 0. The number of carboxylic acids is 1. The van der Waals surface area contributed by atoms with Gasteiger partial charge in [-0.05, 0) is 0 Å². The number of aromatic carboxylic acids is 1. The first kappa shape index (κ1) is 17.1. The van der Waals surface area contributed by atoms with Crippen LogP contribution in [0.15, 0.2) is 24.3 Å². The molecule has 17 heavy (non-hydrogen) atoms. The number of carboxylic acid groups (broad SMARTS) is 1. The van der Waals surface area contributed by atoms with Crippen molar-refractivity contribution < 1.29 is 38.1 Å². The molecule has 0 saturated heterocycles. The van der Waals surface area contributed by atoms with Crippen LogP contribution in [-0.2, 0) is 14.6 Å². The molecule has 1 rings (SSSR count). The van der Waals surface area contributed by atoms with Crippen LogP contribution in [0.1, 0.15) is 10.4 Å². The van der Waals surface area contributed by atoms with Crippen LogP contribution in [0.5, 0.6) is 0 Å². The van der Waals surface area contributed by atoms with Crippen molar-refractivity contribution in [3.05, 3.63) is 29.8 Å². The zero-order valence-corrected chi connectivity index (χ0v) is 11.7. The molecule has 0 unspecified atom stereocenters. The Morgan fingerprint density at radius 3 is 1.76 bits per heavy atom. The van der Waals surface area contributed by atoms with Gasteiger partial charge in [0.15, 0.2) is 0 Å². The molecule has 0 saturated carbocycles. The van der Waals surface area contributed by atoms with Crippen molar-refractivity contribution in [1.29, 1.82) is 0 Å². The van der Waals surface area contributed by atoms with Gasteiger partial charge in [-0.25, -0.2) is 0 Å². The molecular weight excluding hydrogens is 271 g/mol. The molecular formula is C7H5BF3KO5. The summed E-state index contributed by atoms with van der Waals surface area (Å²) >= 11 is 0.643. The van der Waals surface area contributed by atoms with Gasteiger partial charge in [0.1, 0.15) is 0 Å². The van der Waals surface area contributed by atoms with E-state index in [1.54, 1.807) is 12.1 Å². The van der Waals surface area contributed by atoms with Crippen molar-refractivity contribution in [2.75, 3.05) is 0 Å². The molecule has 1 aromatic rings. The Labute approximate surface area is 128 Å². The van der Waals surface area contributed by atoms with Crippen molar-refractivity contribution in [1.82, 2.24) is 0 Å². The SMILES string of the molecule is FOB(OF)OF.O=C(O)c1cc[c]([K])cc1. The molecule has 0 fully saturated rings. The number of rotatable bonds is 4. The molecule has 88 valence electrons. The Kier molecular flexibility index (Phi) is 10.1. The Balaban J connectivity index is 0.000000325. The van der Waals surface area contributed by atoms with Crippen molar-refractivity contribution in [2.45, 2.75) is 0 Å². The Morgan fingerprint density at radius 2 is 1.53 bits per heavy atom. The van der Waals surface area contributed by atoms with Gasteiger partial charge in [-0.3, -0.25) is 0 Å². The first-order valence-corrected chi connectivity index (χ1v) is 5.73. The summed E-state index contributed by atoms with van der Waals surface area (Å²) in [6, 6.07) is 7.01. The van der Waals surface area contributed by atoms with Crippen molar-refractivity contribution in [2.24, 2.45) is 0 Å². The van der Waals surface area contributed by atoms with Gasteiger partial charge < -0.3 is 0 Å². The first-order chi connectivity index (χ1) is 8.04. The molecule has 0 aliphatic heterocycles. The summed E-state index contributed by atoms with van der Waals surface area (Å²) < 4.78 is 32.5. The number of hydrogen-bond donors (Lipinski definition) is 1. The molecule has 0 atom stereocenters. The third-order valence-electron chi connectivity index (χ3n) is 1.52. The van der Waals surface area contributed by atoms with E-state index in [2.05, 4.69) is 14.6 Å². The average molecular weight is 276 g/mol. The van der Waals surface area contributed by atoms with Gasteiger partial charge in [0.05, 0.1) is 0 Å². The molecule has 5 nitrogen and oxygen atoms in total. The van der Waals surface area contributed by atoms with E-state index in [0.717, 1.165) is 0 Å². The molecule has 0 aliphatic carbocycles. The molecule has 0 aromatic heterocycles. The van der Waals surface area contributed by atoms with E-state index in [1.807, 2.05) is 12.1 Å². The van der Waals surface area contributed by atoms with E-state index in [4.69, 9.17) is 5.11 Å². The Bertz CT molecular complexity index is 329. The van der Waals surface area contributed by atoms with Crippen molar-refractivity contribution in [3.63, 3.8) is 0 Å². The van der Waals surface area contributed by atoms with E-state index in [0.29, 0.717) is 54.5 Å². The molecule has 0 aliphatic rings. The standard InChI is InChI=1S/C7H5O2.BF3O3.K/c8-7(9)6-4-2-1-3-5-6;2-5-1(6-3)7-4;/h2-5H,(H,8,9);;. The van der Waals surface area contributed by atoms with Crippen LogP contribution < -0.4 is -0.342 Å². The van der Waals surface area contributed by atoms with Crippen LogP contribution in [-0.4, -0.2) is 67.4 Å². The second-order valence-corrected chi connectivity index (χ2v) is 4.53. The van der Waals surface area contributed by atoms with E-state index < -0.39 is 13.3 Å². The minimum absolute atomic E-state index is 0.369. The van der Waals surface area contributed by atoms with Crippen LogP contribution in [0.3, 0.4) is 0 Å². The molecule has 0 heterocycles. The summed E-state index contributed by atoms with van der Waals surface area (Å²) in [4.78, 5) is 17.4. The second-order valence-electron chi connectivity index (χ2n) is 2.73. The number of carbonyl (C=O) groups is 1. The maximum atomic E-state index is 10.4. The minimum atomic E-state index is -2.51. The van der Waals surface area contributed by atoms with Crippen LogP contribution in [0, 0.1) is 0 Å². The fourth-order valence-corrected chi connectivity index (χ4v) is 1.26. The maximum absolute atomic E-state index is 10.4. The summed E-state index contributed by atoms with van der Waals surface area (Å²) in [5.41, 5.74) is 0.369. The van der Waals surface area contributed by atoms with E-state index in [1.165, 1.54) is -0.342 Å². The second kappa shape index (κ2) is 10.0. The summed E-state index contributed by atoms with van der Waals surface area (Å²) in [5.74, 6) is -0.854. The van der Waals surface area contributed by atoms with Crippen molar-refractivity contribution in [3.8, 4) is 0 Å². The number of hydrogen-bond acceptors (Lipinski definition) is 4. The summed E-state index contributed by atoms with van der Waals surface area (Å²) in [5, 5.41) is 8.49. The van der Waals surface area contributed by atoms with E-state index in [-0.39, 0.29) is 0 Å². The predicted molar refractivity (Wildman–Crippen MR) is 51.1 cm³/mol. The first-order valence-electron chi connectivity index (χ1n) is 4.17. The molecule has 1 N–H and O–H groups in total. The fourth-order valence-electron chi connectivity index (χ4n) is 0.737. The van der Waals surface area contributed by atoms with Crippen LogP contribution in [0.2, 0.25) is 0 Å². The van der Waals surface area contributed by atoms with Crippen LogP contribution in [0.25, 0.3) is 0 Å². The van der Waals surface area contributed by atoms with Gasteiger partial charge in [-0.1, -0.05) is 13.6 Å². The van der Waals surface area contributed by atoms with Crippen LogP contribution in [0.4, 0.5) is 13.6 Å². The molecule has 10 heteroatoms. The molecule has 1 aromatic carbocycles. The topological polar surface area (TPSA) is 65.0 Å². The summed E-state index contributed by atoms with van der Waals surface area (Å²) in [6.45, 7) is 0. The van der Waals surface area contributed by atoms with Crippen molar-refractivity contribution >= 4 is 61.9 Å². The van der Waals surface area contributed by atoms with E-state index >= 15 is 0 Å². The number of benzene rings is 1. The van der Waals surface area contributed by atoms with Gasteiger partial charge >= 0.3 is 102 Å². The van der Waals surface area contributed by atoms with Gasteiger partial charge in [-0.15, -0.1) is 0 Å². The van der Waals surface area contributed by atoms with E-state index in [9.17, 15) is 18.4 Å². The zero-order valence-electron chi connectivity index (χ0n) is 8.60. The van der Waals surface area contributed by atoms with Gasteiger partial charge in [-0.2, -0.15) is 14.6 Å².